The summed E-state index contributed by atoms with van der Waals surface area (Å²) in [6, 6.07) is 15.0. The fourth-order valence-corrected chi connectivity index (χ4v) is 7.22. The molecule has 1 aliphatic carbocycles. The third kappa shape index (κ3) is 8.11. The number of nitrogens with one attached hydrogen (secondary N) is 2. The minimum absolute atomic E-state index is 0.0401. The number of amides is 2. The zero-order valence-corrected chi connectivity index (χ0v) is 25.6. The van der Waals surface area contributed by atoms with Crippen molar-refractivity contribution in [1.29, 1.82) is 0 Å². The van der Waals surface area contributed by atoms with Crippen LogP contribution >= 0.6 is 11.8 Å². The van der Waals surface area contributed by atoms with Crippen molar-refractivity contribution in [3.8, 4) is 0 Å². The Balaban J connectivity index is 1.54. The van der Waals surface area contributed by atoms with Gasteiger partial charge in [-0.05, 0) is 88.6 Å². The Bertz CT molecular complexity index is 1150. The monoisotopic (exact) mass is 565 g/mol. The number of fused-ring (bicyclic) bond motifs is 1. The number of rotatable bonds is 9. The van der Waals surface area contributed by atoms with Crippen LogP contribution in [0.5, 0.6) is 0 Å². The molecule has 0 aromatic heterocycles. The quantitative estimate of drug-likeness (QED) is 0.357. The van der Waals surface area contributed by atoms with Crippen LogP contribution in [0.4, 0.5) is 0 Å². The van der Waals surface area contributed by atoms with E-state index in [1.54, 1.807) is 11.8 Å². The highest BCUT2D eigenvalue weighted by molar-refractivity contribution is 7.99. The molecule has 218 valence electrons. The molecule has 1 aliphatic heterocycles. The molecule has 4 rings (SSSR count). The van der Waals surface area contributed by atoms with E-state index in [4.69, 9.17) is 0 Å². The molecule has 5 atom stereocenters. The smallest absolute Gasteiger partial charge is 0.251 e. The summed E-state index contributed by atoms with van der Waals surface area (Å²) in [6.45, 7) is 11.1. The summed E-state index contributed by atoms with van der Waals surface area (Å²) in [5.74, 6) is 1.51. The molecule has 3 N–H and O–H groups in total. The van der Waals surface area contributed by atoms with Crippen molar-refractivity contribution in [2.45, 2.75) is 95.3 Å². The summed E-state index contributed by atoms with van der Waals surface area (Å²) in [6.07, 6.45) is 4.84. The number of nitrogens with zero attached hydrogens (tertiary/aromatic N) is 1. The lowest BCUT2D eigenvalue weighted by Crippen LogP contribution is -2.60. The third-order valence-electron chi connectivity index (χ3n) is 8.53. The molecule has 2 aliphatic rings. The first kappa shape index (κ1) is 30.6. The Labute approximate surface area is 244 Å². The summed E-state index contributed by atoms with van der Waals surface area (Å²) in [5, 5.41) is 18.0. The minimum Gasteiger partial charge on any atom is -0.390 e. The number of likely N-dealkylation sites (tertiary alicyclic amines) is 1. The van der Waals surface area contributed by atoms with Crippen molar-refractivity contribution >= 4 is 23.6 Å². The Kier molecular flexibility index (Phi) is 10.4. The summed E-state index contributed by atoms with van der Waals surface area (Å²) in [4.78, 5) is 30.2. The lowest BCUT2D eigenvalue weighted by atomic mass is 9.72. The van der Waals surface area contributed by atoms with E-state index in [0.717, 1.165) is 29.0 Å². The average molecular weight is 566 g/mol. The molecule has 0 bridgehead atoms. The summed E-state index contributed by atoms with van der Waals surface area (Å²) in [5.41, 5.74) is 2.32. The molecular formula is C33H47N3O3S. The molecule has 0 radical (unpaired) electrons. The van der Waals surface area contributed by atoms with E-state index in [2.05, 4.69) is 15.5 Å². The maximum Gasteiger partial charge on any atom is 0.251 e. The van der Waals surface area contributed by atoms with Gasteiger partial charge in [0.15, 0.2) is 0 Å². The molecule has 7 heteroatoms. The number of carbonyl (C=O) groups is 2. The lowest BCUT2D eigenvalue weighted by Gasteiger charge is -2.47. The first-order valence-electron chi connectivity index (χ1n) is 14.8. The van der Waals surface area contributed by atoms with Crippen molar-refractivity contribution in [1.82, 2.24) is 15.5 Å². The summed E-state index contributed by atoms with van der Waals surface area (Å²) in [7, 11) is 0. The van der Waals surface area contributed by atoms with Crippen LogP contribution in [0.2, 0.25) is 0 Å². The Morgan fingerprint density at radius 3 is 2.42 bits per heavy atom. The van der Waals surface area contributed by atoms with Crippen molar-refractivity contribution in [3.63, 3.8) is 0 Å². The van der Waals surface area contributed by atoms with Gasteiger partial charge in [-0.3, -0.25) is 14.5 Å². The van der Waals surface area contributed by atoms with E-state index in [9.17, 15) is 14.7 Å². The standard InChI is InChI=1S/C33H47N3O3S/c1-22-12-11-17-27(23(22)2)31(38)34-28(21-40-26-15-7-6-8-16-26)30(37)20-36-19-25-14-10-9-13-24(25)18-29(36)32(39)35-33(3,4)5/h6-8,11-12,15-17,24-25,28-30,37H,9-10,13-14,18-21H2,1-5H3,(H,34,38)(H,35,39)/t24?,25?,28?,29-,30?/m0/s1. The van der Waals surface area contributed by atoms with E-state index in [-0.39, 0.29) is 23.4 Å². The van der Waals surface area contributed by atoms with Gasteiger partial charge in [0.25, 0.3) is 5.91 Å². The molecule has 2 aromatic rings. The largest absolute Gasteiger partial charge is 0.390 e. The van der Waals surface area contributed by atoms with Crippen molar-refractivity contribution in [3.05, 3.63) is 65.2 Å². The van der Waals surface area contributed by atoms with Crippen molar-refractivity contribution in [2.24, 2.45) is 11.8 Å². The number of benzene rings is 2. The molecule has 1 saturated carbocycles. The number of hydrogen-bond donors (Lipinski definition) is 3. The second kappa shape index (κ2) is 13.5. The number of aliphatic hydroxyl groups is 1. The van der Waals surface area contributed by atoms with Gasteiger partial charge in [-0.2, -0.15) is 0 Å². The average Bonchev–Trinajstić information content (AvgIpc) is 2.91. The van der Waals surface area contributed by atoms with Gasteiger partial charge < -0.3 is 15.7 Å². The van der Waals surface area contributed by atoms with Gasteiger partial charge >= 0.3 is 0 Å². The molecular weight excluding hydrogens is 518 g/mol. The van der Waals surface area contributed by atoms with Crippen LogP contribution < -0.4 is 10.6 Å². The fourth-order valence-electron chi connectivity index (χ4n) is 6.19. The predicted molar refractivity (Wildman–Crippen MR) is 164 cm³/mol. The van der Waals surface area contributed by atoms with Crippen LogP contribution in [0.25, 0.3) is 0 Å². The van der Waals surface area contributed by atoms with Crippen molar-refractivity contribution < 1.29 is 14.7 Å². The van der Waals surface area contributed by atoms with Gasteiger partial charge in [-0.15, -0.1) is 11.8 Å². The van der Waals surface area contributed by atoms with Crippen LogP contribution in [-0.2, 0) is 4.79 Å². The van der Waals surface area contributed by atoms with E-state index in [1.807, 2.05) is 83.1 Å². The highest BCUT2D eigenvalue weighted by Gasteiger charge is 2.41. The summed E-state index contributed by atoms with van der Waals surface area (Å²) < 4.78 is 0. The van der Waals surface area contributed by atoms with Crippen LogP contribution in [0.15, 0.2) is 53.4 Å². The number of aryl methyl sites for hydroxylation is 1. The summed E-state index contributed by atoms with van der Waals surface area (Å²) >= 11 is 1.62. The van der Waals surface area contributed by atoms with Gasteiger partial charge in [0.1, 0.15) is 0 Å². The Hall–Kier alpha value is -2.35. The SMILES string of the molecule is Cc1cccc(C(=O)NC(CSc2ccccc2)C(O)CN2CC3CCCCC3C[C@H]2C(=O)NC(C)(C)C)c1C. The minimum atomic E-state index is -0.824. The van der Waals surface area contributed by atoms with E-state index >= 15 is 0 Å². The normalized spacial score (nSPS) is 23.1. The number of hydrogen-bond acceptors (Lipinski definition) is 5. The molecule has 0 spiro atoms. The molecule has 2 amide bonds. The second-order valence-corrected chi connectivity index (χ2v) is 13.9. The highest BCUT2D eigenvalue weighted by Crippen LogP contribution is 2.39. The molecule has 6 nitrogen and oxygen atoms in total. The second-order valence-electron chi connectivity index (χ2n) is 12.8. The van der Waals surface area contributed by atoms with Crippen LogP contribution in [0.1, 0.15) is 74.4 Å². The van der Waals surface area contributed by atoms with Gasteiger partial charge in [0.05, 0.1) is 18.2 Å². The molecule has 40 heavy (non-hydrogen) atoms. The van der Waals surface area contributed by atoms with Crippen LogP contribution in [-0.4, -0.2) is 64.4 Å². The maximum atomic E-state index is 13.5. The number of carbonyl (C=O) groups excluding carboxylic acids is 2. The van der Waals surface area contributed by atoms with Crippen LogP contribution in [0, 0.1) is 25.7 Å². The first-order chi connectivity index (χ1) is 19.0. The molecule has 1 saturated heterocycles. The van der Waals surface area contributed by atoms with Crippen molar-refractivity contribution in [2.75, 3.05) is 18.8 Å². The number of thioether (sulfide) groups is 1. The topological polar surface area (TPSA) is 81.7 Å². The van der Waals surface area contributed by atoms with E-state index in [0.29, 0.717) is 29.7 Å². The first-order valence-corrected chi connectivity index (χ1v) is 15.8. The lowest BCUT2D eigenvalue weighted by molar-refractivity contribution is -0.132. The zero-order valence-electron chi connectivity index (χ0n) is 24.8. The zero-order chi connectivity index (χ0) is 28.9. The molecule has 2 aromatic carbocycles. The van der Waals surface area contributed by atoms with Gasteiger partial charge in [0, 0.05) is 34.8 Å². The molecule has 4 unspecified atom stereocenters. The van der Waals surface area contributed by atoms with Crippen LogP contribution in [0.3, 0.4) is 0 Å². The van der Waals surface area contributed by atoms with Gasteiger partial charge in [0.2, 0.25) is 5.91 Å². The third-order valence-corrected chi connectivity index (χ3v) is 9.66. The van der Waals surface area contributed by atoms with Gasteiger partial charge in [-0.25, -0.2) is 0 Å². The Morgan fingerprint density at radius 1 is 1.02 bits per heavy atom. The van der Waals surface area contributed by atoms with E-state index in [1.165, 1.54) is 25.7 Å². The Morgan fingerprint density at radius 2 is 1.73 bits per heavy atom. The maximum absolute atomic E-state index is 13.5. The predicted octanol–water partition coefficient (Wildman–Crippen LogP) is 5.35. The number of β-amino-alcohol motifs (C(OH)–C–C–N with tert-alkyl or cyclic N) is 1. The highest BCUT2D eigenvalue weighted by atomic mass is 32.2. The number of aliphatic hydroxyl groups excluding tert-OH is 1. The molecule has 1 heterocycles. The number of piperidine rings is 1. The van der Waals surface area contributed by atoms with Gasteiger partial charge in [-0.1, -0.05) is 49.6 Å². The fraction of sp³-hybridized carbons (Fsp3) is 0.576. The van der Waals surface area contributed by atoms with E-state index < -0.39 is 12.1 Å². The molecule has 2 fully saturated rings.